The van der Waals surface area contributed by atoms with E-state index < -0.39 is 0 Å². The van der Waals surface area contributed by atoms with Crippen LogP contribution in [0.2, 0.25) is 5.02 Å². The first-order valence-corrected chi connectivity index (χ1v) is 10.0. The molecule has 1 fully saturated rings. The molecule has 3 rings (SSSR count). The number of likely N-dealkylation sites (tertiary alicyclic amines) is 1. The zero-order valence-corrected chi connectivity index (χ0v) is 16.8. The van der Waals surface area contributed by atoms with Gasteiger partial charge in [-0.15, -0.1) is 0 Å². The molecule has 2 N–H and O–H groups in total. The molecule has 1 aromatic heterocycles. The second-order valence-corrected chi connectivity index (χ2v) is 7.23. The Kier molecular flexibility index (Phi) is 6.87. The number of nitrogens with one attached hydrogen (secondary N) is 2. The second-order valence-electron chi connectivity index (χ2n) is 6.82. The molecule has 2 aromatic rings. The minimum absolute atomic E-state index is 0.0183. The Labute approximate surface area is 170 Å². The molecule has 2 amide bonds. The van der Waals surface area contributed by atoms with Crippen molar-refractivity contribution in [1.29, 1.82) is 0 Å². The van der Waals surface area contributed by atoms with Crippen molar-refractivity contribution in [3.63, 3.8) is 0 Å². The Hall–Kier alpha value is -2.60. The molecule has 1 aliphatic rings. The van der Waals surface area contributed by atoms with E-state index in [0.29, 0.717) is 35.1 Å². The standard InChI is InChI=1S/C21H25ClN4O2/c1-2-23-20(27)16-8-6-7-15(11-16)13-24-19-18(22)12-17(14-25-19)21(28)26-9-4-3-5-10-26/h6-8,11-12,14H,2-5,9-10,13H2,1H3,(H,23,27)(H,24,25). The molecule has 0 atom stereocenters. The lowest BCUT2D eigenvalue weighted by Crippen LogP contribution is -2.35. The molecule has 1 aliphatic heterocycles. The molecule has 0 saturated carbocycles. The highest BCUT2D eigenvalue weighted by molar-refractivity contribution is 6.33. The number of nitrogens with zero attached hydrogens (tertiary/aromatic N) is 2. The summed E-state index contributed by atoms with van der Waals surface area (Å²) in [5.74, 6) is 0.400. The average Bonchev–Trinajstić information content (AvgIpc) is 2.73. The van der Waals surface area contributed by atoms with Crippen LogP contribution in [0.25, 0.3) is 0 Å². The maximum atomic E-state index is 12.6. The molecule has 0 bridgehead atoms. The van der Waals surface area contributed by atoms with E-state index in [1.165, 1.54) is 6.42 Å². The topological polar surface area (TPSA) is 74.3 Å². The van der Waals surface area contributed by atoms with Gasteiger partial charge in [-0.3, -0.25) is 9.59 Å². The molecular formula is C21H25ClN4O2. The molecule has 0 aliphatic carbocycles. The minimum Gasteiger partial charge on any atom is -0.365 e. The monoisotopic (exact) mass is 400 g/mol. The lowest BCUT2D eigenvalue weighted by Gasteiger charge is -2.26. The third-order valence-electron chi connectivity index (χ3n) is 4.72. The number of halogens is 1. The van der Waals surface area contributed by atoms with E-state index >= 15 is 0 Å². The molecule has 0 radical (unpaired) electrons. The summed E-state index contributed by atoms with van der Waals surface area (Å²) in [6.07, 6.45) is 4.83. The summed E-state index contributed by atoms with van der Waals surface area (Å²) >= 11 is 6.34. The molecule has 1 saturated heterocycles. The van der Waals surface area contributed by atoms with E-state index in [2.05, 4.69) is 15.6 Å². The van der Waals surface area contributed by atoms with E-state index in [9.17, 15) is 9.59 Å². The van der Waals surface area contributed by atoms with Crippen molar-refractivity contribution in [2.45, 2.75) is 32.7 Å². The number of piperidine rings is 1. The zero-order valence-electron chi connectivity index (χ0n) is 16.0. The summed E-state index contributed by atoms with van der Waals surface area (Å²) in [5, 5.41) is 6.37. The van der Waals surface area contributed by atoms with Crippen LogP contribution in [0.4, 0.5) is 5.82 Å². The summed E-state index contributed by atoms with van der Waals surface area (Å²) in [7, 11) is 0. The number of pyridine rings is 1. The van der Waals surface area contributed by atoms with Crippen molar-refractivity contribution in [2.75, 3.05) is 25.0 Å². The van der Waals surface area contributed by atoms with Gasteiger partial charge in [-0.25, -0.2) is 4.98 Å². The van der Waals surface area contributed by atoms with Gasteiger partial charge in [-0.1, -0.05) is 23.7 Å². The van der Waals surface area contributed by atoms with Gasteiger partial charge in [-0.2, -0.15) is 0 Å². The SMILES string of the molecule is CCNC(=O)c1cccc(CNc2ncc(C(=O)N3CCCCC3)cc2Cl)c1. The molecule has 0 unspecified atom stereocenters. The third kappa shape index (κ3) is 5.01. The van der Waals surface area contributed by atoms with Crippen molar-refractivity contribution in [3.05, 3.63) is 58.2 Å². The molecule has 148 valence electrons. The van der Waals surface area contributed by atoms with Crippen LogP contribution in [0.3, 0.4) is 0 Å². The highest BCUT2D eigenvalue weighted by Gasteiger charge is 2.19. The number of benzene rings is 1. The van der Waals surface area contributed by atoms with Crippen molar-refractivity contribution >= 4 is 29.2 Å². The minimum atomic E-state index is -0.0962. The first-order chi connectivity index (χ1) is 13.6. The Bertz CT molecular complexity index is 850. The smallest absolute Gasteiger partial charge is 0.255 e. The van der Waals surface area contributed by atoms with Crippen LogP contribution in [-0.2, 0) is 6.54 Å². The number of carbonyl (C=O) groups excluding carboxylic acids is 2. The van der Waals surface area contributed by atoms with Gasteiger partial charge in [0.25, 0.3) is 11.8 Å². The number of carbonyl (C=O) groups is 2. The van der Waals surface area contributed by atoms with Gasteiger partial charge in [0, 0.05) is 37.9 Å². The van der Waals surface area contributed by atoms with Gasteiger partial charge >= 0.3 is 0 Å². The lowest BCUT2D eigenvalue weighted by atomic mass is 10.1. The normalized spacial score (nSPS) is 13.9. The lowest BCUT2D eigenvalue weighted by molar-refractivity contribution is 0.0723. The summed E-state index contributed by atoms with van der Waals surface area (Å²) in [4.78, 5) is 30.7. The van der Waals surface area contributed by atoms with E-state index in [-0.39, 0.29) is 11.8 Å². The molecule has 1 aromatic carbocycles. The Morgan fingerprint density at radius 2 is 1.93 bits per heavy atom. The molecule has 6 nitrogen and oxygen atoms in total. The van der Waals surface area contributed by atoms with Crippen LogP contribution in [0.15, 0.2) is 36.5 Å². The molecule has 7 heteroatoms. The second kappa shape index (κ2) is 9.55. The third-order valence-corrected chi connectivity index (χ3v) is 5.01. The quantitative estimate of drug-likeness (QED) is 0.774. The van der Waals surface area contributed by atoms with Crippen molar-refractivity contribution in [1.82, 2.24) is 15.2 Å². The Morgan fingerprint density at radius 1 is 1.14 bits per heavy atom. The predicted octanol–water partition coefficient (Wildman–Crippen LogP) is 3.72. The molecule has 2 heterocycles. The van der Waals surface area contributed by atoms with E-state index in [0.717, 1.165) is 31.5 Å². The molecular weight excluding hydrogens is 376 g/mol. The summed E-state index contributed by atoms with van der Waals surface area (Å²) in [6.45, 7) is 4.52. The highest BCUT2D eigenvalue weighted by Crippen LogP contribution is 2.22. The summed E-state index contributed by atoms with van der Waals surface area (Å²) in [6, 6.07) is 9.05. The fourth-order valence-electron chi connectivity index (χ4n) is 3.24. The van der Waals surface area contributed by atoms with Gasteiger partial charge in [0.1, 0.15) is 5.82 Å². The fourth-order valence-corrected chi connectivity index (χ4v) is 3.47. The van der Waals surface area contributed by atoms with Crippen LogP contribution in [0, 0.1) is 0 Å². The van der Waals surface area contributed by atoms with Crippen LogP contribution < -0.4 is 10.6 Å². The maximum Gasteiger partial charge on any atom is 0.255 e. The number of amides is 2. The predicted molar refractivity (Wildman–Crippen MR) is 111 cm³/mol. The molecule has 0 spiro atoms. The van der Waals surface area contributed by atoms with Gasteiger partial charge in [-0.05, 0) is 49.9 Å². The van der Waals surface area contributed by atoms with E-state index in [1.807, 2.05) is 30.0 Å². The number of aromatic nitrogens is 1. The first-order valence-electron chi connectivity index (χ1n) is 9.64. The highest BCUT2D eigenvalue weighted by atomic mass is 35.5. The van der Waals surface area contributed by atoms with Crippen LogP contribution >= 0.6 is 11.6 Å². The number of anilines is 1. The van der Waals surface area contributed by atoms with Crippen LogP contribution in [0.1, 0.15) is 52.5 Å². The summed E-state index contributed by atoms with van der Waals surface area (Å²) < 4.78 is 0. The molecule has 28 heavy (non-hydrogen) atoms. The fraction of sp³-hybridized carbons (Fsp3) is 0.381. The van der Waals surface area contributed by atoms with Crippen LogP contribution in [0.5, 0.6) is 0 Å². The zero-order chi connectivity index (χ0) is 19.9. The van der Waals surface area contributed by atoms with E-state index in [4.69, 9.17) is 11.6 Å². The number of hydrogen-bond donors (Lipinski definition) is 2. The van der Waals surface area contributed by atoms with Crippen molar-refractivity contribution in [3.8, 4) is 0 Å². The Morgan fingerprint density at radius 3 is 2.64 bits per heavy atom. The first kappa shape index (κ1) is 20.1. The largest absolute Gasteiger partial charge is 0.365 e. The number of rotatable bonds is 6. The van der Waals surface area contributed by atoms with Crippen molar-refractivity contribution in [2.24, 2.45) is 0 Å². The maximum absolute atomic E-state index is 12.6. The van der Waals surface area contributed by atoms with Gasteiger partial charge in [0.15, 0.2) is 0 Å². The van der Waals surface area contributed by atoms with Gasteiger partial charge < -0.3 is 15.5 Å². The van der Waals surface area contributed by atoms with Gasteiger partial charge in [0.2, 0.25) is 0 Å². The van der Waals surface area contributed by atoms with Gasteiger partial charge in [0.05, 0.1) is 10.6 Å². The van der Waals surface area contributed by atoms with Crippen LogP contribution in [-0.4, -0.2) is 41.3 Å². The van der Waals surface area contributed by atoms with Crippen molar-refractivity contribution < 1.29 is 9.59 Å². The Balaban J connectivity index is 1.64. The number of hydrogen-bond acceptors (Lipinski definition) is 4. The van der Waals surface area contributed by atoms with E-state index in [1.54, 1.807) is 18.3 Å². The summed E-state index contributed by atoms with van der Waals surface area (Å²) in [5.41, 5.74) is 2.06. The average molecular weight is 401 g/mol.